The average molecular weight is 282 g/mol. The molecule has 2 aromatic rings. The largest absolute Gasteiger partial charge is 0.329 e. The van der Waals surface area contributed by atoms with Gasteiger partial charge in [0.1, 0.15) is 0 Å². The third kappa shape index (κ3) is 3.01. The van der Waals surface area contributed by atoms with Gasteiger partial charge in [0, 0.05) is 25.0 Å². The summed E-state index contributed by atoms with van der Waals surface area (Å²) in [6.45, 7) is 1.71. The number of carbonyl (C=O) groups excluding carboxylic acids is 1. The SMILES string of the molecule is CC(Sc1nccn1C)C(=O)c1ccc(F)c(F)c1. The second-order valence-corrected chi connectivity index (χ2v) is 5.38. The molecule has 0 spiro atoms. The molecular weight excluding hydrogens is 270 g/mol. The molecule has 0 radical (unpaired) electrons. The van der Waals surface area contributed by atoms with E-state index in [0.29, 0.717) is 5.16 Å². The van der Waals surface area contributed by atoms with E-state index in [4.69, 9.17) is 0 Å². The molecule has 0 aliphatic rings. The summed E-state index contributed by atoms with van der Waals surface area (Å²) in [5.41, 5.74) is 0.160. The highest BCUT2D eigenvalue weighted by atomic mass is 32.2. The van der Waals surface area contributed by atoms with Gasteiger partial charge < -0.3 is 4.57 Å². The van der Waals surface area contributed by atoms with Gasteiger partial charge in [0.2, 0.25) is 0 Å². The molecule has 1 aromatic heterocycles. The molecule has 0 saturated heterocycles. The fourth-order valence-corrected chi connectivity index (χ4v) is 2.47. The molecule has 0 bridgehead atoms. The Morgan fingerprint density at radius 1 is 1.37 bits per heavy atom. The van der Waals surface area contributed by atoms with Crippen molar-refractivity contribution in [2.75, 3.05) is 0 Å². The Balaban J connectivity index is 2.15. The maximum absolute atomic E-state index is 13.1. The summed E-state index contributed by atoms with van der Waals surface area (Å²) in [6, 6.07) is 3.17. The fraction of sp³-hybridized carbons (Fsp3) is 0.231. The summed E-state index contributed by atoms with van der Waals surface area (Å²) in [5.74, 6) is -2.23. The topological polar surface area (TPSA) is 34.9 Å². The Bertz CT molecular complexity index is 612. The predicted octanol–water partition coefficient (Wildman–Crippen LogP) is 3.06. The molecule has 1 aromatic carbocycles. The summed E-state index contributed by atoms with van der Waals surface area (Å²) in [4.78, 5) is 16.2. The molecule has 0 fully saturated rings. The second-order valence-electron chi connectivity index (χ2n) is 4.07. The molecule has 1 atom stereocenters. The van der Waals surface area contributed by atoms with Crippen molar-refractivity contribution in [1.29, 1.82) is 0 Å². The van der Waals surface area contributed by atoms with Crippen molar-refractivity contribution in [3.63, 3.8) is 0 Å². The van der Waals surface area contributed by atoms with E-state index in [9.17, 15) is 13.6 Å². The lowest BCUT2D eigenvalue weighted by molar-refractivity contribution is 0.0993. The van der Waals surface area contributed by atoms with Gasteiger partial charge in [-0.1, -0.05) is 11.8 Å². The van der Waals surface area contributed by atoms with E-state index in [0.717, 1.165) is 12.1 Å². The van der Waals surface area contributed by atoms with Crippen LogP contribution in [0, 0.1) is 11.6 Å². The van der Waals surface area contributed by atoms with Crippen LogP contribution in [0.15, 0.2) is 35.7 Å². The number of aromatic nitrogens is 2. The molecule has 1 unspecified atom stereocenters. The zero-order valence-corrected chi connectivity index (χ0v) is 11.2. The predicted molar refractivity (Wildman–Crippen MR) is 69.2 cm³/mol. The minimum absolute atomic E-state index is 0.160. The number of hydrogen-bond acceptors (Lipinski definition) is 3. The van der Waals surface area contributed by atoms with Crippen molar-refractivity contribution in [2.24, 2.45) is 7.05 Å². The molecule has 0 aliphatic heterocycles. The van der Waals surface area contributed by atoms with Crippen molar-refractivity contribution < 1.29 is 13.6 Å². The highest BCUT2D eigenvalue weighted by molar-refractivity contribution is 8.00. The Labute approximate surface area is 113 Å². The number of carbonyl (C=O) groups is 1. The summed E-state index contributed by atoms with van der Waals surface area (Å²) >= 11 is 1.28. The van der Waals surface area contributed by atoms with Crippen LogP contribution >= 0.6 is 11.8 Å². The number of nitrogens with zero attached hydrogens (tertiary/aromatic N) is 2. The molecule has 19 heavy (non-hydrogen) atoms. The maximum atomic E-state index is 13.1. The van der Waals surface area contributed by atoms with Crippen LogP contribution in [0.25, 0.3) is 0 Å². The molecule has 100 valence electrons. The van der Waals surface area contributed by atoms with Gasteiger partial charge in [0.25, 0.3) is 0 Å². The number of halogens is 2. The van der Waals surface area contributed by atoms with Crippen LogP contribution in [-0.4, -0.2) is 20.6 Å². The average Bonchev–Trinajstić information content (AvgIpc) is 2.77. The van der Waals surface area contributed by atoms with E-state index in [1.807, 2.05) is 7.05 Å². The first-order valence-electron chi connectivity index (χ1n) is 5.62. The first-order valence-corrected chi connectivity index (χ1v) is 6.50. The smallest absolute Gasteiger partial charge is 0.176 e. The van der Waals surface area contributed by atoms with Crippen LogP contribution < -0.4 is 0 Å². The van der Waals surface area contributed by atoms with Gasteiger partial charge in [0.15, 0.2) is 22.6 Å². The number of ketones is 1. The molecule has 3 nitrogen and oxygen atoms in total. The maximum Gasteiger partial charge on any atom is 0.176 e. The van der Waals surface area contributed by atoms with E-state index in [-0.39, 0.29) is 11.3 Å². The molecular formula is C13H12F2N2OS. The third-order valence-corrected chi connectivity index (χ3v) is 3.80. The Morgan fingerprint density at radius 3 is 2.68 bits per heavy atom. The highest BCUT2D eigenvalue weighted by Crippen LogP contribution is 2.24. The van der Waals surface area contributed by atoms with Crippen molar-refractivity contribution in [2.45, 2.75) is 17.3 Å². The van der Waals surface area contributed by atoms with E-state index in [1.165, 1.54) is 17.8 Å². The number of thioether (sulfide) groups is 1. The quantitative estimate of drug-likeness (QED) is 0.638. The molecule has 0 saturated carbocycles. The number of imidazole rings is 1. The number of hydrogen-bond donors (Lipinski definition) is 0. The van der Waals surface area contributed by atoms with E-state index < -0.39 is 16.9 Å². The molecule has 6 heteroatoms. The Hall–Kier alpha value is -1.69. The number of aryl methyl sites for hydroxylation is 1. The van der Waals surface area contributed by atoms with Crippen molar-refractivity contribution in [3.05, 3.63) is 47.8 Å². The Kier molecular flexibility index (Phi) is 3.99. The lowest BCUT2D eigenvalue weighted by Crippen LogP contribution is -2.14. The van der Waals surface area contributed by atoms with Crippen LogP contribution in [0.4, 0.5) is 8.78 Å². The summed E-state index contributed by atoms with van der Waals surface area (Å²) < 4.78 is 27.7. The lowest BCUT2D eigenvalue weighted by Gasteiger charge is -2.10. The molecule has 0 aliphatic carbocycles. The minimum Gasteiger partial charge on any atom is -0.329 e. The third-order valence-electron chi connectivity index (χ3n) is 2.63. The van der Waals surface area contributed by atoms with E-state index in [2.05, 4.69) is 4.98 Å². The monoisotopic (exact) mass is 282 g/mol. The highest BCUT2D eigenvalue weighted by Gasteiger charge is 2.19. The summed E-state index contributed by atoms with van der Waals surface area (Å²) in [7, 11) is 1.82. The van der Waals surface area contributed by atoms with E-state index >= 15 is 0 Å². The second kappa shape index (κ2) is 5.52. The normalized spacial score (nSPS) is 12.4. The summed E-state index contributed by atoms with van der Waals surface area (Å²) in [5, 5.41) is 0.273. The van der Waals surface area contributed by atoms with Gasteiger partial charge in [-0.05, 0) is 25.1 Å². The standard InChI is InChI=1S/C13H12F2N2OS/c1-8(19-13-16-5-6-17(13)2)12(18)9-3-4-10(14)11(15)7-9/h3-8H,1-2H3. The molecule has 2 rings (SSSR count). The van der Waals surface area contributed by atoms with Gasteiger partial charge in [-0.3, -0.25) is 4.79 Å². The lowest BCUT2D eigenvalue weighted by atomic mass is 10.1. The van der Waals surface area contributed by atoms with Gasteiger partial charge in [-0.2, -0.15) is 0 Å². The zero-order chi connectivity index (χ0) is 14.0. The van der Waals surface area contributed by atoms with Crippen LogP contribution in [0.2, 0.25) is 0 Å². The van der Waals surface area contributed by atoms with Crippen molar-refractivity contribution >= 4 is 17.5 Å². The minimum atomic E-state index is -1.01. The van der Waals surface area contributed by atoms with Crippen LogP contribution in [0.3, 0.4) is 0 Å². The molecule has 0 amide bonds. The van der Waals surface area contributed by atoms with Gasteiger partial charge in [-0.15, -0.1) is 0 Å². The first kappa shape index (κ1) is 13.7. The number of rotatable bonds is 4. The Morgan fingerprint density at radius 2 is 2.11 bits per heavy atom. The van der Waals surface area contributed by atoms with Crippen molar-refractivity contribution in [1.82, 2.24) is 9.55 Å². The zero-order valence-electron chi connectivity index (χ0n) is 10.4. The van der Waals surface area contributed by atoms with Crippen LogP contribution in [0.1, 0.15) is 17.3 Å². The van der Waals surface area contributed by atoms with Crippen molar-refractivity contribution in [3.8, 4) is 0 Å². The van der Waals surface area contributed by atoms with Gasteiger partial charge >= 0.3 is 0 Å². The fourth-order valence-electron chi connectivity index (χ4n) is 1.56. The number of benzene rings is 1. The first-order chi connectivity index (χ1) is 8.99. The molecule has 1 heterocycles. The van der Waals surface area contributed by atoms with Gasteiger partial charge in [0.05, 0.1) is 5.25 Å². The summed E-state index contributed by atoms with van der Waals surface area (Å²) in [6.07, 6.45) is 3.41. The van der Waals surface area contributed by atoms with Gasteiger partial charge in [-0.25, -0.2) is 13.8 Å². The molecule has 0 N–H and O–H groups in total. The number of Topliss-reactive ketones (excluding diaryl/α,β-unsaturated/α-hetero) is 1. The van der Waals surface area contributed by atoms with Crippen LogP contribution in [-0.2, 0) is 7.05 Å². The van der Waals surface area contributed by atoms with E-state index in [1.54, 1.807) is 23.9 Å². The van der Waals surface area contributed by atoms with Crippen LogP contribution in [0.5, 0.6) is 0 Å².